The van der Waals surface area contributed by atoms with Crippen LogP contribution >= 0.6 is 0 Å². The summed E-state index contributed by atoms with van der Waals surface area (Å²) >= 11 is 0. The number of benzene rings is 1. The number of hydrogen-bond donors (Lipinski definition) is 2. The van der Waals surface area contributed by atoms with Crippen LogP contribution in [0.1, 0.15) is 18.8 Å². The third-order valence-electron chi connectivity index (χ3n) is 4.05. The fourth-order valence-corrected chi connectivity index (χ4v) is 2.95. The number of nitrogens with zero attached hydrogens (tertiary/aromatic N) is 3. The third kappa shape index (κ3) is 2.77. The maximum atomic E-state index is 11.2. The summed E-state index contributed by atoms with van der Waals surface area (Å²) < 4.78 is 1.82. The first-order valence-corrected chi connectivity index (χ1v) is 7.28. The molecule has 112 valence electrons. The van der Waals surface area contributed by atoms with Gasteiger partial charge in [-0.2, -0.15) is 0 Å². The van der Waals surface area contributed by atoms with Gasteiger partial charge in [0.25, 0.3) is 0 Å². The van der Waals surface area contributed by atoms with Crippen molar-refractivity contribution >= 4 is 17.0 Å². The van der Waals surface area contributed by atoms with Crippen LogP contribution in [0.5, 0.6) is 0 Å². The molecule has 6 heteroatoms. The Balaban J connectivity index is 2.01. The molecule has 1 atom stereocenters. The molecular formula is C15H20N4O2. The molecule has 0 amide bonds. The van der Waals surface area contributed by atoms with E-state index in [0.29, 0.717) is 0 Å². The van der Waals surface area contributed by atoms with Gasteiger partial charge in [-0.1, -0.05) is 12.1 Å². The average Bonchev–Trinajstić information content (AvgIpc) is 2.86. The van der Waals surface area contributed by atoms with Gasteiger partial charge < -0.3 is 15.0 Å². The zero-order valence-electron chi connectivity index (χ0n) is 12.1. The number of carboxylic acid groups (broad SMARTS) is 1. The van der Waals surface area contributed by atoms with Crippen LogP contribution in [0.4, 0.5) is 0 Å². The lowest BCUT2D eigenvalue weighted by Crippen LogP contribution is -2.45. The van der Waals surface area contributed by atoms with Gasteiger partial charge in [-0.15, -0.1) is 0 Å². The highest BCUT2D eigenvalue weighted by Gasteiger charge is 2.24. The first-order chi connectivity index (χ1) is 10.2. The van der Waals surface area contributed by atoms with E-state index >= 15 is 0 Å². The van der Waals surface area contributed by atoms with Crippen molar-refractivity contribution in [2.75, 3.05) is 26.2 Å². The first-order valence-electron chi connectivity index (χ1n) is 7.28. The molecule has 0 spiro atoms. The number of para-hydroxylation sites is 2. The number of fused-ring (bicyclic) bond motifs is 1. The molecule has 6 nitrogen and oxygen atoms in total. The minimum Gasteiger partial charge on any atom is -0.480 e. The van der Waals surface area contributed by atoms with Crippen LogP contribution in [0.2, 0.25) is 0 Å². The van der Waals surface area contributed by atoms with Crippen molar-refractivity contribution in [1.29, 1.82) is 0 Å². The maximum Gasteiger partial charge on any atom is 0.323 e. The zero-order valence-corrected chi connectivity index (χ0v) is 12.1. The molecule has 1 aromatic carbocycles. The molecule has 2 N–H and O–H groups in total. The molecule has 2 aromatic rings. The fourth-order valence-electron chi connectivity index (χ4n) is 2.95. The van der Waals surface area contributed by atoms with Crippen LogP contribution in [-0.2, 0) is 11.3 Å². The average molecular weight is 288 g/mol. The molecular weight excluding hydrogens is 268 g/mol. The predicted octanol–water partition coefficient (Wildman–Crippen LogP) is 1.09. The lowest BCUT2D eigenvalue weighted by atomic mass is 10.2. The van der Waals surface area contributed by atoms with Crippen molar-refractivity contribution in [3.63, 3.8) is 0 Å². The molecule has 1 saturated heterocycles. The summed E-state index contributed by atoms with van der Waals surface area (Å²) in [5.41, 5.74) is 1.74. The van der Waals surface area contributed by atoms with E-state index in [-0.39, 0.29) is 12.6 Å². The van der Waals surface area contributed by atoms with E-state index in [1.54, 1.807) is 0 Å². The van der Waals surface area contributed by atoms with Gasteiger partial charge >= 0.3 is 5.97 Å². The van der Waals surface area contributed by atoms with Crippen LogP contribution < -0.4 is 5.32 Å². The molecule has 2 heterocycles. The van der Waals surface area contributed by atoms with Crippen LogP contribution in [0, 0.1) is 0 Å². The van der Waals surface area contributed by atoms with E-state index < -0.39 is 5.97 Å². The van der Waals surface area contributed by atoms with Crippen LogP contribution in [0.15, 0.2) is 24.3 Å². The summed E-state index contributed by atoms with van der Waals surface area (Å²) in [5, 5.41) is 12.5. The molecule has 3 rings (SSSR count). The second kappa shape index (κ2) is 5.83. The summed E-state index contributed by atoms with van der Waals surface area (Å²) in [4.78, 5) is 18.2. The zero-order chi connectivity index (χ0) is 14.8. The lowest BCUT2D eigenvalue weighted by molar-refractivity contribution is -0.137. The molecule has 0 radical (unpaired) electrons. The molecule has 21 heavy (non-hydrogen) atoms. The topological polar surface area (TPSA) is 70.4 Å². The monoisotopic (exact) mass is 288 g/mol. The van der Waals surface area contributed by atoms with E-state index in [9.17, 15) is 9.90 Å². The van der Waals surface area contributed by atoms with Gasteiger partial charge in [-0.3, -0.25) is 9.69 Å². The summed E-state index contributed by atoms with van der Waals surface area (Å²) in [6.45, 7) is 5.89. The normalized spacial score (nSPS) is 18.0. The van der Waals surface area contributed by atoms with Gasteiger partial charge in [-0.05, 0) is 19.1 Å². The van der Waals surface area contributed by atoms with Crippen molar-refractivity contribution in [1.82, 2.24) is 19.8 Å². The number of rotatable bonds is 4. The molecule has 0 bridgehead atoms. The molecule has 1 aromatic heterocycles. The van der Waals surface area contributed by atoms with Gasteiger partial charge in [0.15, 0.2) is 0 Å². The Morgan fingerprint density at radius 3 is 2.81 bits per heavy atom. The molecule has 1 aliphatic rings. The van der Waals surface area contributed by atoms with E-state index in [2.05, 4.69) is 22.1 Å². The van der Waals surface area contributed by atoms with Crippen molar-refractivity contribution in [3.05, 3.63) is 30.1 Å². The highest BCUT2D eigenvalue weighted by Crippen LogP contribution is 2.24. The third-order valence-corrected chi connectivity index (χ3v) is 4.05. The number of imidazole rings is 1. The number of carbonyl (C=O) groups is 1. The minimum atomic E-state index is -0.841. The molecule has 1 fully saturated rings. The second-order valence-corrected chi connectivity index (χ2v) is 5.40. The Hall–Kier alpha value is -1.92. The summed E-state index contributed by atoms with van der Waals surface area (Å²) in [6.07, 6.45) is 0. The van der Waals surface area contributed by atoms with Crippen molar-refractivity contribution < 1.29 is 9.90 Å². The Morgan fingerprint density at radius 1 is 1.38 bits per heavy atom. The van der Waals surface area contributed by atoms with E-state index in [1.807, 2.05) is 28.8 Å². The van der Waals surface area contributed by atoms with Gasteiger partial charge in [-0.25, -0.2) is 4.98 Å². The largest absolute Gasteiger partial charge is 0.480 e. The van der Waals surface area contributed by atoms with Crippen molar-refractivity contribution in [2.45, 2.75) is 19.5 Å². The minimum absolute atomic E-state index is 0.0493. The second-order valence-electron chi connectivity index (χ2n) is 5.40. The van der Waals surface area contributed by atoms with Gasteiger partial charge in [0.05, 0.1) is 17.1 Å². The maximum absolute atomic E-state index is 11.2. The predicted molar refractivity (Wildman–Crippen MR) is 80.2 cm³/mol. The van der Waals surface area contributed by atoms with Crippen LogP contribution in [0.3, 0.4) is 0 Å². The van der Waals surface area contributed by atoms with E-state index in [4.69, 9.17) is 0 Å². The number of hydrogen-bond acceptors (Lipinski definition) is 4. The molecule has 0 aliphatic carbocycles. The summed E-state index contributed by atoms with van der Waals surface area (Å²) in [7, 11) is 0. The molecule has 1 unspecified atom stereocenters. The number of aliphatic carboxylic acids is 1. The molecule has 1 aliphatic heterocycles. The van der Waals surface area contributed by atoms with Gasteiger partial charge in [0, 0.05) is 26.2 Å². The molecule has 0 saturated carbocycles. The quantitative estimate of drug-likeness (QED) is 0.881. The van der Waals surface area contributed by atoms with Gasteiger partial charge in [0.2, 0.25) is 0 Å². The number of carboxylic acids is 1. The standard InChI is InChI=1S/C15H20N4O2/c1-11(18-8-6-16-7-9-18)15-17-12-4-2-3-5-13(12)19(15)10-14(20)21/h2-5,11,16H,6-10H2,1H3,(H,20,21). The highest BCUT2D eigenvalue weighted by atomic mass is 16.4. The van der Waals surface area contributed by atoms with E-state index in [1.165, 1.54) is 0 Å². The van der Waals surface area contributed by atoms with Crippen LogP contribution in [-0.4, -0.2) is 51.7 Å². The summed E-state index contributed by atoms with van der Waals surface area (Å²) in [5.74, 6) is -0.00702. The Bertz CT molecular complexity index is 646. The number of nitrogens with one attached hydrogen (secondary N) is 1. The summed E-state index contributed by atoms with van der Waals surface area (Å²) in [6, 6.07) is 7.82. The first kappa shape index (κ1) is 14.0. The van der Waals surface area contributed by atoms with Gasteiger partial charge in [0.1, 0.15) is 12.4 Å². The van der Waals surface area contributed by atoms with Crippen molar-refractivity contribution in [2.24, 2.45) is 0 Å². The van der Waals surface area contributed by atoms with Crippen molar-refractivity contribution in [3.8, 4) is 0 Å². The Labute approximate surface area is 123 Å². The van der Waals surface area contributed by atoms with Crippen LogP contribution in [0.25, 0.3) is 11.0 Å². The Kier molecular flexibility index (Phi) is 3.90. The number of aromatic nitrogens is 2. The van der Waals surface area contributed by atoms with E-state index in [0.717, 1.165) is 43.0 Å². The number of piperazine rings is 1. The Morgan fingerprint density at radius 2 is 2.10 bits per heavy atom. The smallest absolute Gasteiger partial charge is 0.323 e. The highest BCUT2D eigenvalue weighted by molar-refractivity contribution is 5.78. The fraction of sp³-hybridized carbons (Fsp3) is 0.467. The SMILES string of the molecule is CC(c1nc2ccccc2n1CC(=O)O)N1CCNCC1. The lowest BCUT2D eigenvalue weighted by Gasteiger charge is -2.32.